The predicted molar refractivity (Wildman–Crippen MR) is 73.3 cm³/mol. The van der Waals surface area contributed by atoms with Crippen molar-refractivity contribution in [3.8, 4) is 0 Å². The second kappa shape index (κ2) is 5.49. The molecule has 0 aliphatic carbocycles. The van der Waals surface area contributed by atoms with Gasteiger partial charge in [0.1, 0.15) is 5.78 Å². The lowest BCUT2D eigenvalue weighted by Gasteiger charge is -2.16. The SMILES string of the molecule is CC1OC(C)C(C(=O)Cc2cncc(Br)c2)C1C. The highest BCUT2D eigenvalue weighted by Crippen LogP contribution is 2.33. The van der Waals surface area contributed by atoms with Gasteiger partial charge < -0.3 is 4.74 Å². The number of pyridine rings is 1. The van der Waals surface area contributed by atoms with Gasteiger partial charge in [-0.3, -0.25) is 9.78 Å². The summed E-state index contributed by atoms with van der Waals surface area (Å²) in [5.74, 6) is 0.533. The minimum atomic E-state index is -0.000943. The molecule has 3 nitrogen and oxygen atoms in total. The molecule has 1 fully saturated rings. The van der Waals surface area contributed by atoms with Crippen molar-refractivity contribution in [3.05, 3.63) is 28.5 Å². The molecule has 0 spiro atoms. The van der Waals surface area contributed by atoms with Crippen LogP contribution in [-0.2, 0) is 16.0 Å². The van der Waals surface area contributed by atoms with E-state index in [0.717, 1.165) is 10.0 Å². The van der Waals surface area contributed by atoms with E-state index in [-0.39, 0.29) is 29.8 Å². The molecule has 0 N–H and O–H groups in total. The maximum atomic E-state index is 12.4. The maximum Gasteiger partial charge on any atom is 0.143 e. The Bertz CT molecular complexity index is 449. The van der Waals surface area contributed by atoms with Gasteiger partial charge in [-0.1, -0.05) is 6.92 Å². The summed E-state index contributed by atoms with van der Waals surface area (Å²) in [6.45, 7) is 6.12. The van der Waals surface area contributed by atoms with Gasteiger partial charge in [0.2, 0.25) is 0 Å². The van der Waals surface area contributed by atoms with Gasteiger partial charge in [-0.25, -0.2) is 0 Å². The number of Topliss-reactive ketones (excluding diaryl/α,β-unsaturated/α-hetero) is 1. The summed E-state index contributed by atoms with van der Waals surface area (Å²) in [7, 11) is 0. The van der Waals surface area contributed by atoms with Crippen LogP contribution < -0.4 is 0 Å². The number of halogens is 1. The van der Waals surface area contributed by atoms with Crippen molar-refractivity contribution < 1.29 is 9.53 Å². The molecular formula is C14H18BrNO2. The van der Waals surface area contributed by atoms with Crippen molar-refractivity contribution in [2.24, 2.45) is 11.8 Å². The molecule has 4 unspecified atom stereocenters. The fraction of sp³-hybridized carbons (Fsp3) is 0.571. The van der Waals surface area contributed by atoms with Gasteiger partial charge in [0.25, 0.3) is 0 Å². The first-order chi connectivity index (χ1) is 8.49. The highest BCUT2D eigenvalue weighted by molar-refractivity contribution is 9.10. The molecule has 0 saturated carbocycles. The zero-order chi connectivity index (χ0) is 13.3. The highest BCUT2D eigenvalue weighted by Gasteiger charge is 2.40. The maximum absolute atomic E-state index is 12.4. The summed E-state index contributed by atoms with van der Waals surface area (Å²) < 4.78 is 6.63. The Labute approximate surface area is 116 Å². The van der Waals surface area contributed by atoms with Crippen LogP contribution in [-0.4, -0.2) is 23.0 Å². The number of ether oxygens (including phenoxy) is 1. The van der Waals surface area contributed by atoms with Crippen LogP contribution >= 0.6 is 15.9 Å². The second-order valence-corrected chi connectivity index (χ2v) is 6.00. The Morgan fingerprint density at radius 3 is 2.61 bits per heavy atom. The largest absolute Gasteiger partial charge is 0.375 e. The van der Waals surface area contributed by atoms with Gasteiger partial charge in [0.15, 0.2) is 0 Å². The highest BCUT2D eigenvalue weighted by atomic mass is 79.9. The van der Waals surface area contributed by atoms with E-state index in [9.17, 15) is 4.79 Å². The van der Waals surface area contributed by atoms with Crippen LogP contribution in [0.2, 0.25) is 0 Å². The third-order valence-electron chi connectivity index (χ3n) is 3.75. The first-order valence-electron chi connectivity index (χ1n) is 6.26. The lowest BCUT2D eigenvalue weighted by atomic mass is 9.84. The van der Waals surface area contributed by atoms with E-state index in [2.05, 4.69) is 27.8 Å². The number of hydrogen-bond donors (Lipinski definition) is 0. The molecule has 1 saturated heterocycles. The van der Waals surface area contributed by atoms with E-state index in [4.69, 9.17) is 4.74 Å². The molecule has 2 heterocycles. The smallest absolute Gasteiger partial charge is 0.143 e. The minimum Gasteiger partial charge on any atom is -0.375 e. The Kier molecular flexibility index (Phi) is 4.17. The standard InChI is InChI=1S/C14H18BrNO2/c1-8-9(2)18-10(3)14(8)13(17)5-11-4-12(15)7-16-6-11/h4,6-10,14H,5H2,1-3H3. The van der Waals surface area contributed by atoms with Crippen molar-refractivity contribution >= 4 is 21.7 Å². The molecule has 0 radical (unpaired) electrons. The molecule has 1 aromatic rings. The topological polar surface area (TPSA) is 39.2 Å². The molecule has 18 heavy (non-hydrogen) atoms. The van der Waals surface area contributed by atoms with Crippen LogP contribution in [0.15, 0.2) is 22.9 Å². The molecule has 4 atom stereocenters. The van der Waals surface area contributed by atoms with E-state index < -0.39 is 0 Å². The van der Waals surface area contributed by atoms with Crippen molar-refractivity contribution in [1.29, 1.82) is 0 Å². The molecule has 1 aliphatic rings. The Balaban J connectivity index is 2.08. The molecule has 4 heteroatoms. The minimum absolute atomic E-state index is 0.000943. The van der Waals surface area contributed by atoms with Gasteiger partial charge in [0, 0.05) is 29.2 Å². The molecular weight excluding hydrogens is 294 g/mol. The van der Waals surface area contributed by atoms with E-state index in [1.807, 2.05) is 19.9 Å². The molecule has 0 aromatic carbocycles. The van der Waals surface area contributed by atoms with Crippen LogP contribution in [0, 0.1) is 11.8 Å². The Hall–Kier alpha value is -0.740. The van der Waals surface area contributed by atoms with Crippen LogP contribution in [0.3, 0.4) is 0 Å². The van der Waals surface area contributed by atoms with Crippen molar-refractivity contribution in [2.45, 2.75) is 39.4 Å². The van der Waals surface area contributed by atoms with Gasteiger partial charge >= 0.3 is 0 Å². The third kappa shape index (κ3) is 2.81. The molecule has 2 rings (SSSR count). The predicted octanol–water partition coefficient (Wildman–Crippen LogP) is 3.02. The van der Waals surface area contributed by atoms with Gasteiger partial charge in [-0.15, -0.1) is 0 Å². The number of aromatic nitrogens is 1. The van der Waals surface area contributed by atoms with Crippen LogP contribution in [0.25, 0.3) is 0 Å². The van der Waals surface area contributed by atoms with Crippen LogP contribution in [0.4, 0.5) is 0 Å². The monoisotopic (exact) mass is 311 g/mol. The number of carbonyl (C=O) groups is 1. The summed E-state index contributed by atoms with van der Waals surface area (Å²) >= 11 is 3.37. The van der Waals surface area contributed by atoms with Gasteiger partial charge in [-0.05, 0) is 47.3 Å². The summed E-state index contributed by atoms with van der Waals surface area (Å²) in [6.07, 6.45) is 4.08. The van der Waals surface area contributed by atoms with Crippen molar-refractivity contribution in [3.63, 3.8) is 0 Å². The average Bonchev–Trinajstić information content (AvgIpc) is 2.53. The van der Waals surface area contributed by atoms with E-state index in [0.29, 0.717) is 6.42 Å². The number of ketones is 1. The quantitative estimate of drug-likeness (QED) is 0.861. The van der Waals surface area contributed by atoms with E-state index in [1.54, 1.807) is 12.4 Å². The fourth-order valence-corrected chi connectivity index (χ4v) is 3.11. The molecule has 0 bridgehead atoms. The lowest BCUT2D eigenvalue weighted by molar-refractivity contribution is -0.124. The van der Waals surface area contributed by atoms with Crippen LogP contribution in [0.5, 0.6) is 0 Å². The van der Waals surface area contributed by atoms with E-state index in [1.165, 1.54) is 0 Å². The zero-order valence-corrected chi connectivity index (χ0v) is 12.5. The van der Waals surface area contributed by atoms with Crippen molar-refractivity contribution in [1.82, 2.24) is 4.98 Å². The number of nitrogens with zero attached hydrogens (tertiary/aromatic N) is 1. The Morgan fingerprint density at radius 1 is 1.33 bits per heavy atom. The first kappa shape index (κ1) is 13.7. The molecule has 1 aromatic heterocycles. The van der Waals surface area contributed by atoms with Gasteiger partial charge in [0.05, 0.1) is 12.2 Å². The summed E-state index contributed by atoms with van der Waals surface area (Å²) in [5.41, 5.74) is 0.952. The normalized spacial score (nSPS) is 31.6. The second-order valence-electron chi connectivity index (χ2n) is 5.09. The van der Waals surface area contributed by atoms with Crippen molar-refractivity contribution in [2.75, 3.05) is 0 Å². The van der Waals surface area contributed by atoms with Crippen LogP contribution in [0.1, 0.15) is 26.3 Å². The molecule has 98 valence electrons. The summed E-state index contributed by atoms with van der Waals surface area (Å²) in [6, 6.07) is 1.94. The van der Waals surface area contributed by atoms with Gasteiger partial charge in [-0.2, -0.15) is 0 Å². The molecule has 1 aliphatic heterocycles. The third-order valence-corrected chi connectivity index (χ3v) is 4.19. The molecule has 0 amide bonds. The lowest BCUT2D eigenvalue weighted by Crippen LogP contribution is -2.28. The number of rotatable bonds is 3. The summed E-state index contributed by atoms with van der Waals surface area (Å²) in [4.78, 5) is 16.5. The fourth-order valence-electron chi connectivity index (χ4n) is 2.69. The number of carbonyl (C=O) groups excluding carboxylic acids is 1. The average molecular weight is 312 g/mol. The first-order valence-corrected chi connectivity index (χ1v) is 7.06. The number of hydrogen-bond acceptors (Lipinski definition) is 3. The zero-order valence-electron chi connectivity index (χ0n) is 10.9. The van der Waals surface area contributed by atoms with E-state index >= 15 is 0 Å². The Morgan fingerprint density at radius 2 is 2.06 bits per heavy atom. The summed E-state index contributed by atoms with van der Waals surface area (Å²) in [5, 5.41) is 0.